The number of amides is 2. The number of carbonyl (C=O) groups excluding carboxylic acids is 2. The van der Waals surface area contributed by atoms with E-state index in [1.165, 1.54) is 24.1 Å². The van der Waals surface area contributed by atoms with E-state index in [-0.39, 0.29) is 23.4 Å². The molecule has 2 aromatic carbocycles. The number of nitro groups is 1. The van der Waals surface area contributed by atoms with Crippen molar-refractivity contribution in [2.24, 2.45) is 0 Å². The zero-order valence-electron chi connectivity index (χ0n) is 15.8. The summed E-state index contributed by atoms with van der Waals surface area (Å²) in [6.45, 7) is 2.29. The third-order valence-corrected chi connectivity index (χ3v) is 5.12. The molecule has 0 bridgehead atoms. The van der Waals surface area contributed by atoms with Gasteiger partial charge in [0.25, 0.3) is 16.8 Å². The number of thioether (sulfide) groups is 1. The van der Waals surface area contributed by atoms with Gasteiger partial charge in [0.05, 0.1) is 16.9 Å². The first-order valence-corrected chi connectivity index (χ1v) is 9.54. The second-order valence-corrected chi connectivity index (χ2v) is 7.04. The standard InChI is InChI=1S/C20H18N2O6S/c1-3-21-19(23)18(29-20(21)24)11-14-6-9-16(17(10-14)27-2)28-12-13-4-7-15(8-5-13)22(25)26/h4-11H,3,12H2,1-2H3/b18-11+. The molecule has 8 nitrogen and oxygen atoms in total. The van der Waals surface area contributed by atoms with Gasteiger partial charge in [-0.05, 0) is 60.2 Å². The van der Waals surface area contributed by atoms with E-state index in [1.807, 2.05) is 0 Å². The van der Waals surface area contributed by atoms with Crippen LogP contribution < -0.4 is 9.47 Å². The summed E-state index contributed by atoms with van der Waals surface area (Å²) in [6.07, 6.45) is 1.64. The van der Waals surface area contributed by atoms with Crippen LogP contribution in [0.5, 0.6) is 11.5 Å². The van der Waals surface area contributed by atoms with Gasteiger partial charge in [0, 0.05) is 18.7 Å². The third-order valence-electron chi connectivity index (χ3n) is 4.22. The van der Waals surface area contributed by atoms with Gasteiger partial charge >= 0.3 is 0 Å². The number of non-ortho nitro benzene ring substituents is 1. The maximum Gasteiger partial charge on any atom is 0.293 e. The summed E-state index contributed by atoms with van der Waals surface area (Å²) in [7, 11) is 1.50. The second kappa shape index (κ2) is 8.78. The Morgan fingerprint density at radius 3 is 2.45 bits per heavy atom. The van der Waals surface area contributed by atoms with Crippen molar-refractivity contribution in [3.8, 4) is 11.5 Å². The molecular weight excluding hydrogens is 396 g/mol. The van der Waals surface area contributed by atoms with Crippen molar-refractivity contribution >= 4 is 34.7 Å². The minimum Gasteiger partial charge on any atom is -0.493 e. The first kappa shape index (κ1) is 20.4. The molecular formula is C20H18N2O6S. The first-order chi connectivity index (χ1) is 13.9. The van der Waals surface area contributed by atoms with Crippen molar-refractivity contribution in [2.75, 3.05) is 13.7 Å². The Hall–Kier alpha value is -3.33. The zero-order valence-corrected chi connectivity index (χ0v) is 16.6. The van der Waals surface area contributed by atoms with Gasteiger partial charge in [-0.1, -0.05) is 6.07 Å². The van der Waals surface area contributed by atoms with Crippen LogP contribution in [0.1, 0.15) is 18.1 Å². The second-order valence-electron chi connectivity index (χ2n) is 6.05. The van der Waals surface area contributed by atoms with E-state index < -0.39 is 4.92 Å². The summed E-state index contributed by atoms with van der Waals surface area (Å²) in [5, 5.41) is 10.4. The molecule has 150 valence electrons. The number of likely N-dealkylation sites (N-methyl/N-ethyl adjacent to an activating group) is 1. The van der Waals surface area contributed by atoms with Gasteiger partial charge in [0.2, 0.25) is 0 Å². The molecule has 1 fully saturated rings. The molecule has 0 radical (unpaired) electrons. The molecule has 0 aromatic heterocycles. The number of hydrogen-bond donors (Lipinski definition) is 0. The highest BCUT2D eigenvalue weighted by Gasteiger charge is 2.33. The fourth-order valence-electron chi connectivity index (χ4n) is 2.69. The summed E-state index contributed by atoms with van der Waals surface area (Å²) in [4.78, 5) is 35.8. The van der Waals surface area contributed by atoms with Crippen LogP contribution in [-0.2, 0) is 11.4 Å². The van der Waals surface area contributed by atoms with Crippen LogP contribution in [0.15, 0.2) is 47.4 Å². The molecule has 0 unspecified atom stereocenters. The molecule has 29 heavy (non-hydrogen) atoms. The van der Waals surface area contributed by atoms with Gasteiger partial charge in [-0.25, -0.2) is 0 Å². The molecule has 1 aliphatic rings. The van der Waals surface area contributed by atoms with Gasteiger partial charge in [-0.3, -0.25) is 24.6 Å². The predicted molar refractivity (Wildman–Crippen MR) is 109 cm³/mol. The Kier molecular flexibility index (Phi) is 6.18. The smallest absolute Gasteiger partial charge is 0.293 e. The maximum absolute atomic E-state index is 12.2. The summed E-state index contributed by atoms with van der Waals surface area (Å²) >= 11 is 0.908. The number of imide groups is 1. The Bertz CT molecular complexity index is 987. The van der Waals surface area contributed by atoms with Crippen molar-refractivity contribution in [3.63, 3.8) is 0 Å². The van der Waals surface area contributed by atoms with Gasteiger partial charge in [0.15, 0.2) is 11.5 Å². The lowest BCUT2D eigenvalue weighted by molar-refractivity contribution is -0.384. The molecule has 0 saturated carbocycles. The SMILES string of the molecule is CCN1C(=O)S/C(=C/c2ccc(OCc3ccc([N+](=O)[O-])cc3)c(OC)c2)C1=O. The van der Waals surface area contributed by atoms with Gasteiger partial charge in [-0.15, -0.1) is 0 Å². The van der Waals surface area contributed by atoms with E-state index in [4.69, 9.17) is 9.47 Å². The summed E-state index contributed by atoms with van der Waals surface area (Å²) in [5.41, 5.74) is 1.49. The molecule has 2 aromatic rings. The maximum atomic E-state index is 12.2. The summed E-state index contributed by atoms with van der Waals surface area (Å²) in [5.74, 6) is 0.653. The fourth-order valence-corrected chi connectivity index (χ4v) is 3.60. The Balaban J connectivity index is 1.74. The largest absolute Gasteiger partial charge is 0.493 e. The van der Waals surface area contributed by atoms with Crippen LogP contribution in [-0.4, -0.2) is 34.6 Å². The Morgan fingerprint density at radius 2 is 1.86 bits per heavy atom. The van der Waals surface area contributed by atoms with E-state index in [2.05, 4.69) is 0 Å². The summed E-state index contributed by atoms with van der Waals surface area (Å²) < 4.78 is 11.1. The lowest BCUT2D eigenvalue weighted by Crippen LogP contribution is -2.27. The topological polar surface area (TPSA) is 99.0 Å². The van der Waals surface area contributed by atoms with Crippen molar-refractivity contribution in [1.82, 2.24) is 4.90 Å². The predicted octanol–water partition coefficient (Wildman–Crippen LogP) is 4.24. The molecule has 0 atom stereocenters. The lowest BCUT2D eigenvalue weighted by Gasteiger charge is -2.11. The molecule has 0 aliphatic carbocycles. The van der Waals surface area contributed by atoms with E-state index in [9.17, 15) is 19.7 Å². The monoisotopic (exact) mass is 414 g/mol. The molecule has 1 saturated heterocycles. The van der Waals surface area contributed by atoms with Crippen molar-refractivity contribution in [2.45, 2.75) is 13.5 Å². The number of ether oxygens (including phenoxy) is 2. The molecule has 1 aliphatic heterocycles. The Labute approximate surface area is 171 Å². The molecule has 1 heterocycles. The number of methoxy groups -OCH3 is 1. The molecule has 0 spiro atoms. The molecule has 0 N–H and O–H groups in total. The highest BCUT2D eigenvalue weighted by Crippen LogP contribution is 2.34. The van der Waals surface area contributed by atoms with Gasteiger partial charge in [0.1, 0.15) is 6.61 Å². The molecule has 3 rings (SSSR count). The third kappa shape index (κ3) is 4.57. The number of nitro benzene ring substituents is 1. The normalized spacial score (nSPS) is 15.1. The average molecular weight is 414 g/mol. The van der Waals surface area contributed by atoms with E-state index in [1.54, 1.807) is 43.3 Å². The first-order valence-electron chi connectivity index (χ1n) is 8.72. The van der Waals surface area contributed by atoms with E-state index >= 15 is 0 Å². The highest BCUT2D eigenvalue weighted by atomic mass is 32.2. The summed E-state index contributed by atoms with van der Waals surface area (Å²) in [6, 6.07) is 11.3. The van der Waals surface area contributed by atoms with Crippen LogP contribution in [0.2, 0.25) is 0 Å². The van der Waals surface area contributed by atoms with Crippen molar-refractivity contribution in [1.29, 1.82) is 0 Å². The molecule has 9 heteroatoms. The molecule has 2 amide bonds. The van der Waals surface area contributed by atoms with E-state index in [0.717, 1.165) is 17.3 Å². The lowest BCUT2D eigenvalue weighted by atomic mass is 10.1. The van der Waals surface area contributed by atoms with Crippen LogP contribution in [0.25, 0.3) is 6.08 Å². The highest BCUT2D eigenvalue weighted by molar-refractivity contribution is 8.18. The number of nitrogens with zero attached hydrogens (tertiary/aromatic N) is 2. The fraction of sp³-hybridized carbons (Fsp3) is 0.200. The van der Waals surface area contributed by atoms with Crippen LogP contribution >= 0.6 is 11.8 Å². The van der Waals surface area contributed by atoms with Crippen LogP contribution in [0, 0.1) is 10.1 Å². The average Bonchev–Trinajstić information content (AvgIpc) is 2.99. The quantitative estimate of drug-likeness (QED) is 0.380. The van der Waals surface area contributed by atoms with Gasteiger partial charge < -0.3 is 9.47 Å². The van der Waals surface area contributed by atoms with Gasteiger partial charge in [-0.2, -0.15) is 0 Å². The van der Waals surface area contributed by atoms with Crippen molar-refractivity contribution in [3.05, 3.63) is 68.6 Å². The van der Waals surface area contributed by atoms with Crippen LogP contribution in [0.4, 0.5) is 10.5 Å². The van der Waals surface area contributed by atoms with Crippen LogP contribution in [0.3, 0.4) is 0 Å². The number of benzene rings is 2. The minimum absolute atomic E-state index is 0.0168. The van der Waals surface area contributed by atoms with E-state index in [0.29, 0.717) is 28.5 Å². The minimum atomic E-state index is -0.457. The zero-order chi connectivity index (χ0) is 21.0. The Morgan fingerprint density at radius 1 is 1.14 bits per heavy atom. The van der Waals surface area contributed by atoms with Crippen molar-refractivity contribution < 1.29 is 24.0 Å². The number of rotatable bonds is 7. The number of carbonyl (C=O) groups is 2. The number of hydrogen-bond acceptors (Lipinski definition) is 7.